The number of ketones is 1. The van der Waals surface area contributed by atoms with Gasteiger partial charge in [-0.25, -0.2) is 0 Å². The van der Waals surface area contributed by atoms with Gasteiger partial charge in [-0.15, -0.1) is 0 Å². The fraction of sp³-hybridized carbons (Fsp3) is 0.850. The van der Waals surface area contributed by atoms with Crippen LogP contribution in [0.4, 0.5) is 0 Å². The van der Waals surface area contributed by atoms with E-state index in [0.717, 1.165) is 17.8 Å². The lowest BCUT2D eigenvalue weighted by molar-refractivity contribution is -0.123. The third-order valence-electron chi connectivity index (χ3n) is 8.04. The molecule has 0 spiro atoms. The van der Waals surface area contributed by atoms with Crippen molar-refractivity contribution in [3.05, 3.63) is 11.6 Å². The van der Waals surface area contributed by atoms with Gasteiger partial charge in [-0.05, 0) is 79.1 Å². The molecule has 0 N–H and O–H groups in total. The summed E-state index contributed by atoms with van der Waals surface area (Å²) >= 11 is 0. The minimum Gasteiger partial charge on any atom is -0.295 e. The van der Waals surface area contributed by atoms with Crippen molar-refractivity contribution < 1.29 is 4.79 Å². The second-order valence-electron chi connectivity index (χ2n) is 9.50. The van der Waals surface area contributed by atoms with E-state index in [4.69, 9.17) is 0 Å². The maximum absolute atomic E-state index is 13.1. The molecular formula is C20H30O. The van der Waals surface area contributed by atoms with Crippen molar-refractivity contribution in [3.8, 4) is 0 Å². The quantitative estimate of drug-likeness (QED) is 0.652. The first kappa shape index (κ1) is 14.0. The van der Waals surface area contributed by atoms with Gasteiger partial charge in [0, 0.05) is 5.92 Å². The Bertz CT molecular complexity index is 510. The van der Waals surface area contributed by atoms with E-state index in [2.05, 4.69) is 33.8 Å². The lowest BCUT2D eigenvalue weighted by atomic mass is 9.66. The highest BCUT2D eigenvalue weighted by Gasteiger charge is 2.56. The van der Waals surface area contributed by atoms with Crippen LogP contribution in [0.25, 0.3) is 0 Å². The number of hydrogen-bond donors (Lipinski definition) is 0. The molecule has 0 radical (unpaired) electrons. The van der Waals surface area contributed by atoms with Crippen LogP contribution < -0.4 is 0 Å². The third kappa shape index (κ3) is 1.79. The van der Waals surface area contributed by atoms with Gasteiger partial charge in [0.05, 0.1) is 0 Å². The number of carbonyl (C=O) groups excluding carboxylic acids is 1. The number of allylic oxidation sites excluding steroid dienone is 2. The summed E-state index contributed by atoms with van der Waals surface area (Å²) in [5, 5.41) is 0. The molecule has 116 valence electrons. The summed E-state index contributed by atoms with van der Waals surface area (Å²) in [5.74, 6) is 3.80. The van der Waals surface area contributed by atoms with Gasteiger partial charge in [0.15, 0.2) is 5.78 Å². The molecule has 1 nitrogen and oxygen atoms in total. The van der Waals surface area contributed by atoms with Crippen LogP contribution in [0.15, 0.2) is 11.6 Å². The Balaban J connectivity index is 1.63. The van der Waals surface area contributed by atoms with Gasteiger partial charge in [-0.1, -0.05) is 33.3 Å². The zero-order chi connectivity index (χ0) is 15.0. The van der Waals surface area contributed by atoms with Gasteiger partial charge in [-0.3, -0.25) is 4.79 Å². The standard InChI is InChI=1S/C20H30O/c1-19(2)14-7-5-12(9-14)16(19)11-17(21)18-13-6-8-15(10-13)20(18,3)4/h11-15,18H,5-10H2,1-4H3/b16-11+. The maximum Gasteiger partial charge on any atom is 0.159 e. The summed E-state index contributed by atoms with van der Waals surface area (Å²) in [5.41, 5.74) is 2.02. The van der Waals surface area contributed by atoms with Crippen molar-refractivity contribution in [3.63, 3.8) is 0 Å². The molecule has 0 aromatic carbocycles. The number of hydrogen-bond acceptors (Lipinski definition) is 1. The molecule has 4 bridgehead atoms. The highest BCUT2D eigenvalue weighted by atomic mass is 16.1. The van der Waals surface area contributed by atoms with Crippen LogP contribution in [0.2, 0.25) is 0 Å². The first-order valence-corrected chi connectivity index (χ1v) is 9.07. The SMILES string of the molecule is CC1(C)/C(=C/C(=O)C2C3CCC(C3)C2(C)C)C2CCC1C2. The van der Waals surface area contributed by atoms with E-state index < -0.39 is 0 Å². The van der Waals surface area contributed by atoms with Crippen LogP contribution in [0, 0.1) is 40.4 Å². The van der Waals surface area contributed by atoms with Crippen LogP contribution in [0.1, 0.15) is 66.2 Å². The fourth-order valence-electron chi connectivity index (χ4n) is 6.68. The molecule has 0 saturated heterocycles. The smallest absolute Gasteiger partial charge is 0.159 e. The van der Waals surface area contributed by atoms with Gasteiger partial charge in [0.2, 0.25) is 0 Å². The molecule has 21 heavy (non-hydrogen) atoms. The predicted octanol–water partition coefficient (Wildman–Crippen LogP) is 5.01. The van der Waals surface area contributed by atoms with E-state index in [-0.39, 0.29) is 10.8 Å². The van der Waals surface area contributed by atoms with Crippen LogP contribution >= 0.6 is 0 Å². The summed E-state index contributed by atoms with van der Waals surface area (Å²) in [4.78, 5) is 13.1. The normalized spacial score (nSPS) is 47.4. The zero-order valence-corrected chi connectivity index (χ0v) is 14.1. The molecule has 1 heteroatoms. The topological polar surface area (TPSA) is 17.1 Å². The monoisotopic (exact) mass is 286 g/mol. The van der Waals surface area contributed by atoms with Gasteiger partial charge in [0.1, 0.15) is 0 Å². The average Bonchev–Trinajstić information content (AvgIpc) is 3.10. The Hall–Kier alpha value is -0.590. The summed E-state index contributed by atoms with van der Waals surface area (Å²) in [6.07, 6.45) is 10.1. The summed E-state index contributed by atoms with van der Waals surface area (Å²) in [7, 11) is 0. The first-order valence-electron chi connectivity index (χ1n) is 9.07. The Kier molecular flexibility index (Phi) is 2.83. The van der Waals surface area contributed by atoms with Crippen LogP contribution in [-0.4, -0.2) is 5.78 Å². The van der Waals surface area contributed by atoms with Crippen molar-refractivity contribution in [2.24, 2.45) is 40.4 Å². The minimum absolute atomic E-state index is 0.235. The molecule has 0 aliphatic heterocycles. The molecule has 0 aromatic heterocycles. The predicted molar refractivity (Wildman–Crippen MR) is 85.8 cm³/mol. The molecule has 4 saturated carbocycles. The second kappa shape index (κ2) is 4.24. The summed E-state index contributed by atoms with van der Waals surface area (Å²) in [6.45, 7) is 9.46. The van der Waals surface area contributed by atoms with Crippen molar-refractivity contribution in [1.82, 2.24) is 0 Å². The summed E-state index contributed by atoms with van der Waals surface area (Å²) < 4.78 is 0. The third-order valence-corrected chi connectivity index (χ3v) is 8.04. The number of carbonyl (C=O) groups is 1. The molecule has 4 aliphatic rings. The Morgan fingerprint density at radius 1 is 1.00 bits per heavy atom. The molecule has 5 atom stereocenters. The van der Waals surface area contributed by atoms with E-state index in [1.54, 1.807) is 0 Å². The van der Waals surface area contributed by atoms with Crippen LogP contribution in [0.5, 0.6) is 0 Å². The van der Waals surface area contributed by atoms with Gasteiger partial charge < -0.3 is 0 Å². The van der Waals surface area contributed by atoms with Crippen LogP contribution in [-0.2, 0) is 4.79 Å². The van der Waals surface area contributed by atoms with Crippen LogP contribution in [0.3, 0.4) is 0 Å². The van der Waals surface area contributed by atoms with Gasteiger partial charge in [-0.2, -0.15) is 0 Å². The number of rotatable bonds is 2. The van der Waals surface area contributed by atoms with E-state index >= 15 is 0 Å². The maximum atomic E-state index is 13.1. The molecule has 5 unspecified atom stereocenters. The zero-order valence-electron chi connectivity index (χ0n) is 14.1. The van der Waals surface area contributed by atoms with Crippen molar-refractivity contribution in [2.45, 2.75) is 66.2 Å². The molecule has 4 rings (SSSR count). The largest absolute Gasteiger partial charge is 0.295 e. The molecule has 0 aromatic rings. The van der Waals surface area contributed by atoms with Gasteiger partial charge in [0.25, 0.3) is 0 Å². The minimum atomic E-state index is 0.235. The Labute approximate surface area is 129 Å². The van der Waals surface area contributed by atoms with Gasteiger partial charge >= 0.3 is 0 Å². The lowest BCUT2D eigenvalue weighted by Gasteiger charge is -2.38. The second-order valence-corrected chi connectivity index (χ2v) is 9.50. The highest BCUT2D eigenvalue weighted by Crippen LogP contribution is 2.61. The van der Waals surface area contributed by atoms with Crippen molar-refractivity contribution in [2.75, 3.05) is 0 Å². The Morgan fingerprint density at radius 3 is 2.29 bits per heavy atom. The van der Waals surface area contributed by atoms with E-state index in [0.29, 0.717) is 17.6 Å². The van der Waals surface area contributed by atoms with E-state index in [1.807, 2.05) is 0 Å². The number of fused-ring (bicyclic) bond motifs is 4. The molecule has 0 amide bonds. The van der Waals surface area contributed by atoms with E-state index in [9.17, 15) is 4.79 Å². The average molecular weight is 286 g/mol. The molecule has 4 aliphatic carbocycles. The highest BCUT2D eigenvalue weighted by molar-refractivity contribution is 5.94. The van der Waals surface area contributed by atoms with E-state index in [1.165, 1.54) is 44.1 Å². The lowest BCUT2D eigenvalue weighted by Crippen LogP contribution is -2.36. The Morgan fingerprint density at radius 2 is 1.71 bits per heavy atom. The van der Waals surface area contributed by atoms with Crippen molar-refractivity contribution >= 4 is 5.78 Å². The molecular weight excluding hydrogens is 256 g/mol. The fourth-order valence-corrected chi connectivity index (χ4v) is 6.68. The first-order chi connectivity index (χ1) is 9.81. The molecule has 4 fully saturated rings. The summed E-state index contributed by atoms with van der Waals surface area (Å²) in [6, 6.07) is 0. The molecule has 0 heterocycles. The van der Waals surface area contributed by atoms with Crippen molar-refractivity contribution in [1.29, 1.82) is 0 Å².